The summed E-state index contributed by atoms with van der Waals surface area (Å²) in [6.45, 7) is 1.74. The van der Waals surface area contributed by atoms with E-state index in [0.717, 1.165) is 0 Å². The Balaban J connectivity index is 1.52. The first kappa shape index (κ1) is 18.4. The van der Waals surface area contributed by atoms with Crippen LogP contribution >= 0.6 is 0 Å². The molecule has 0 heterocycles. The second-order valence-electron chi connectivity index (χ2n) is 6.96. The molecule has 1 atom stereocenters. The zero-order valence-electron chi connectivity index (χ0n) is 15.3. The SMILES string of the molecule is CCC(=O)Oc1ccc(OC(=O)C2C=CC(C3CCCCC3)=CC2)cc1. The van der Waals surface area contributed by atoms with Crippen molar-refractivity contribution in [3.05, 3.63) is 48.1 Å². The van der Waals surface area contributed by atoms with Gasteiger partial charge >= 0.3 is 11.9 Å². The minimum absolute atomic E-state index is 0.236. The van der Waals surface area contributed by atoms with Gasteiger partial charge in [-0.25, -0.2) is 0 Å². The first-order valence-corrected chi connectivity index (χ1v) is 9.56. The molecule has 3 rings (SSSR count). The van der Waals surface area contributed by atoms with Crippen LogP contribution in [-0.4, -0.2) is 11.9 Å². The van der Waals surface area contributed by atoms with E-state index in [-0.39, 0.29) is 17.9 Å². The highest BCUT2D eigenvalue weighted by Crippen LogP contribution is 2.33. The zero-order valence-corrected chi connectivity index (χ0v) is 15.3. The maximum absolute atomic E-state index is 12.4. The summed E-state index contributed by atoms with van der Waals surface area (Å²) < 4.78 is 10.6. The van der Waals surface area contributed by atoms with Gasteiger partial charge in [-0.05, 0) is 55.0 Å². The van der Waals surface area contributed by atoms with E-state index in [1.165, 1.54) is 37.7 Å². The molecule has 0 spiro atoms. The van der Waals surface area contributed by atoms with Gasteiger partial charge in [0.25, 0.3) is 0 Å². The summed E-state index contributed by atoms with van der Waals surface area (Å²) in [7, 11) is 0. The predicted octanol–water partition coefficient (Wildman–Crippen LogP) is 4.99. The Kier molecular flexibility index (Phi) is 6.26. The summed E-state index contributed by atoms with van der Waals surface area (Å²) in [6.07, 6.45) is 13.8. The molecule has 0 N–H and O–H groups in total. The van der Waals surface area contributed by atoms with Crippen molar-refractivity contribution in [3.63, 3.8) is 0 Å². The normalized spacial score (nSPS) is 20.3. The second kappa shape index (κ2) is 8.84. The van der Waals surface area contributed by atoms with Gasteiger partial charge in [0.2, 0.25) is 0 Å². The van der Waals surface area contributed by atoms with Gasteiger partial charge in [-0.1, -0.05) is 44.4 Å². The molecule has 1 aromatic carbocycles. The van der Waals surface area contributed by atoms with Crippen molar-refractivity contribution < 1.29 is 19.1 Å². The topological polar surface area (TPSA) is 52.6 Å². The smallest absolute Gasteiger partial charge is 0.318 e. The van der Waals surface area contributed by atoms with Crippen LogP contribution in [-0.2, 0) is 9.59 Å². The Morgan fingerprint density at radius 2 is 1.65 bits per heavy atom. The van der Waals surface area contributed by atoms with Crippen molar-refractivity contribution >= 4 is 11.9 Å². The first-order valence-electron chi connectivity index (χ1n) is 9.56. The zero-order chi connectivity index (χ0) is 18.4. The van der Waals surface area contributed by atoms with Crippen LogP contribution in [0.3, 0.4) is 0 Å². The van der Waals surface area contributed by atoms with Gasteiger partial charge in [0, 0.05) is 6.42 Å². The number of benzene rings is 1. The minimum atomic E-state index is -0.289. The predicted molar refractivity (Wildman–Crippen MR) is 99.9 cm³/mol. The Morgan fingerprint density at radius 1 is 1.00 bits per heavy atom. The molecular weight excluding hydrogens is 328 g/mol. The summed E-state index contributed by atoms with van der Waals surface area (Å²) in [4.78, 5) is 23.6. The molecule has 4 heteroatoms. The van der Waals surface area contributed by atoms with Gasteiger partial charge in [0.05, 0.1) is 5.92 Å². The number of ether oxygens (including phenoxy) is 2. The summed E-state index contributed by atoms with van der Waals surface area (Å²) >= 11 is 0. The fourth-order valence-corrected chi connectivity index (χ4v) is 3.52. The third-order valence-corrected chi connectivity index (χ3v) is 5.07. The van der Waals surface area contributed by atoms with Crippen LogP contribution in [0.5, 0.6) is 11.5 Å². The monoisotopic (exact) mass is 354 g/mol. The molecule has 1 unspecified atom stereocenters. The van der Waals surface area contributed by atoms with Gasteiger partial charge < -0.3 is 9.47 Å². The van der Waals surface area contributed by atoms with E-state index in [1.807, 2.05) is 6.08 Å². The highest BCUT2D eigenvalue weighted by molar-refractivity contribution is 5.78. The quantitative estimate of drug-likeness (QED) is 0.552. The van der Waals surface area contributed by atoms with E-state index in [0.29, 0.717) is 30.3 Å². The second-order valence-corrected chi connectivity index (χ2v) is 6.96. The summed E-state index contributed by atoms with van der Waals surface area (Å²) in [5.74, 6) is 0.799. The lowest BCUT2D eigenvalue weighted by atomic mass is 9.81. The fourth-order valence-electron chi connectivity index (χ4n) is 3.52. The van der Waals surface area contributed by atoms with Crippen LogP contribution in [0.15, 0.2) is 48.1 Å². The largest absolute Gasteiger partial charge is 0.427 e. The van der Waals surface area contributed by atoms with Crippen molar-refractivity contribution in [2.24, 2.45) is 11.8 Å². The molecule has 2 aliphatic carbocycles. The lowest BCUT2D eigenvalue weighted by Crippen LogP contribution is -2.21. The molecule has 1 saturated carbocycles. The average Bonchev–Trinajstić information content (AvgIpc) is 2.70. The number of rotatable bonds is 5. The fraction of sp³-hybridized carbons (Fsp3) is 0.455. The maximum atomic E-state index is 12.4. The van der Waals surface area contributed by atoms with Crippen molar-refractivity contribution in [2.75, 3.05) is 0 Å². The molecule has 1 aromatic rings. The lowest BCUT2D eigenvalue weighted by molar-refractivity contribution is -0.137. The van der Waals surface area contributed by atoms with Crippen LogP contribution in [0.2, 0.25) is 0 Å². The molecule has 0 aromatic heterocycles. The Labute approximate surface area is 154 Å². The van der Waals surface area contributed by atoms with Crippen LogP contribution in [0.1, 0.15) is 51.9 Å². The lowest BCUT2D eigenvalue weighted by Gasteiger charge is -2.25. The Hall–Kier alpha value is -2.36. The highest BCUT2D eigenvalue weighted by atomic mass is 16.5. The molecule has 0 saturated heterocycles. The van der Waals surface area contributed by atoms with E-state index in [2.05, 4.69) is 12.2 Å². The van der Waals surface area contributed by atoms with E-state index in [9.17, 15) is 9.59 Å². The van der Waals surface area contributed by atoms with Crippen molar-refractivity contribution in [1.82, 2.24) is 0 Å². The number of carbonyl (C=O) groups is 2. The van der Waals surface area contributed by atoms with E-state index in [1.54, 1.807) is 31.2 Å². The van der Waals surface area contributed by atoms with E-state index < -0.39 is 0 Å². The molecule has 1 fully saturated rings. The number of esters is 2. The van der Waals surface area contributed by atoms with Gasteiger partial charge in [-0.2, -0.15) is 0 Å². The standard InChI is InChI=1S/C22H26O4/c1-2-21(23)25-19-12-14-20(15-13-19)26-22(24)18-10-8-17(9-11-18)16-6-4-3-5-7-16/h8-10,12-16,18H,2-7,11H2,1H3. The van der Waals surface area contributed by atoms with Gasteiger partial charge in [-0.15, -0.1) is 0 Å². The third-order valence-electron chi connectivity index (χ3n) is 5.07. The number of carbonyl (C=O) groups excluding carboxylic acids is 2. The molecule has 2 aliphatic rings. The summed E-state index contributed by atoms with van der Waals surface area (Å²) in [6, 6.07) is 6.56. The molecule has 26 heavy (non-hydrogen) atoms. The molecule has 138 valence electrons. The maximum Gasteiger partial charge on any atom is 0.318 e. The van der Waals surface area contributed by atoms with Crippen LogP contribution in [0.4, 0.5) is 0 Å². The van der Waals surface area contributed by atoms with E-state index >= 15 is 0 Å². The Bertz CT molecular complexity index is 693. The molecular formula is C22H26O4. The van der Waals surface area contributed by atoms with Gasteiger partial charge in [0.15, 0.2) is 0 Å². The number of hydrogen-bond donors (Lipinski definition) is 0. The van der Waals surface area contributed by atoms with Crippen LogP contribution in [0, 0.1) is 11.8 Å². The average molecular weight is 354 g/mol. The van der Waals surface area contributed by atoms with Crippen molar-refractivity contribution in [1.29, 1.82) is 0 Å². The van der Waals surface area contributed by atoms with Crippen LogP contribution < -0.4 is 9.47 Å². The molecule has 0 aliphatic heterocycles. The van der Waals surface area contributed by atoms with E-state index in [4.69, 9.17) is 9.47 Å². The van der Waals surface area contributed by atoms with Crippen molar-refractivity contribution in [2.45, 2.75) is 51.9 Å². The summed E-state index contributed by atoms with van der Waals surface area (Å²) in [5, 5.41) is 0. The van der Waals surface area contributed by atoms with Crippen LogP contribution in [0.25, 0.3) is 0 Å². The number of hydrogen-bond acceptors (Lipinski definition) is 4. The number of allylic oxidation sites excluding steroid dienone is 3. The van der Waals surface area contributed by atoms with Gasteiger partial charge in [0.1, 0.15) is 11.5 Å². The third kappa shape index (κ3) is 4.84. The highest BCUT2D eigenvalue weighted by Gasteiger charge is 2.23. The Morgan fingerprint density at radius 3 is 2.23 bits per heavy atom. The van der Waals surface area contributed by atoms with Gasteiger partial charge in [-0.3, -0.25) is 9.59 Å². The molecule has 4 nitrogen and oxygen atoms in total. The summed E-state index contributed by atoms with van der Waals surface area (Å²) in [5.41, 5.74) is 1.39. The molecule has 0 amide bonds. The molecule has 0 bridgehead atoms. The first-order chi connectivity index (χ1) is 12.7. The van der Waals surface area contributed by atoms with Crippen molar-refractivity contribution in [3.8, 4) is 11.5 Å². The minimum Gasteiger partial charge on any atom is -0.427 e. The molecule has 0 radical (unpaired) electrons.